The molecule has 1 heterocycles. The molecule has 0 aliphatic rings. The Labute approximate surface area is 97.6 Å². The van der Waals surface area contributed by atoms with E-state index >= 15 is 0 Å². The van der Waals surface area contributed by atoms with Crippen LogP contribution in [0.2, 0.25) is 0 Å². The van der Waals surface area contributed by atoms with Crippen LogP contribution in [-0.4, -0.2) is 29.5 Å². The molecule has 1 aromatic heterocycles. The van der Waals surface area contributed by atoms with Gasteiger partial charge in [0.15, 0.2) is 0 Å². The molecular formula is C12H22N4. The van der Waals surface area contributed by atoms with E-state index in [4.69, 9.17) is 11.5 Å². The molecule has 0 aliphatic heterocycles. The van der Waals surface area contributed by atoms with E-state index in [0.717, 1.165) is 31.6 Å². The highest BCUT2D eigenvalue weighted by molar-refractivity contribution is 5.40. The first kappa shape index (κ1) is 12.9. The van der Waals surface area contributed by atoms with Gasteiger partial charge in [0.25, 0.3) is 0 Å². The van der Waals surface area contributed by atoms with Gasteiger partial charge in [-0.15, -0.1) is 0 Å². The largest absolute Gasteiger partial charge is 0.383 e. The topological polar surface area (TPSA) is 68.2 Å². The predicted molar refractivity (Wildman–Crippen MR) is 68.0 cm³/mol. The van der Waals surface area contributed by atoms with Gasteiger partial charge in [0.2, 0.25) is 0 Å². The average Bonchev–Trinajstić information content (AvgIpc) is 2.30. The minimum absolute atomic E-state index is 0.0192. The van der Waals surface area contributed by atoms with E-state index in [1.54, 1.807) is 6.20 Å². The maximum absolute atomic E-state index is 6.11. The number of nitrogens with zero attached hydrogens (tertiary/aromatic N) is 2. The van der Waals surface area contributed by atoms with Crippen LogP contribution in [0.4, 0.5) is 5.82 Å². The molecule has 1 unspecified atom stereocenters. The summed E-state index contributed by atoms with van der Waals surface area (Å²) >= 11 is 0. The Hall–Kier alpha value is -1.13. The standard InChI is InChI=1S/C12H22N4/c1-3-16(4-2)9-7-11(13)10-6-5-8-15-12(10)14/h5-6,8,11H,3-4,7,9,13H2,1-2H3,(H2,14,15). The zero-order chi connectivity index (χ0) is 12.0. The summed E-state index contributed by atoms with van der Waals surface area (Å²) in [6, 6.07) is 3.81. The molecule has 4 N–H and O–H groups in total. The van der Waals surface area contributed by atoms with Gasteiger partial charge in [-0.2, -0.15) is 0 Å². The molecule has 1 rings (SSSR count). The lowest BCUT2D eigenvalue weighted by Crippen LogP contribution is -2.27. The van der Waals surface area contributed by atoms with Crippen molar-refractivity contribution in [2.75, 3.05) is 25.4 Å². The zero-order valence-electron chi connectivity index (χ0n) is 10.2. The minimum Gasteiger partial charge on any atom is -0.383 e. The van der Waals surface area contributed by atoms with Crippen molar-refractivity contribution in [3.05, 3.63) is 23.9 Å². The zero-order valence-corrected chi connectivity index (χ0v) is 10.2. The van der Waals surface area contributed by atoms with E-state index in [1.165, 1.54) is 0 Å². The Balaban J connectivity index is 2.52. The quantitative estimate of drug-likeness (QED) is 0.763. The molecular weight excluding hydrogens is 200 g/mol. The minimum atomic E-state index is -0.0192. The monoisotopic (exact) mass is 222 g/mol. The van der Waals surface area contributed by atoms with Crippen LogP contribution in [-0.2, 0) is 0 Å². The lowest BCUT2D eigenvalue weighted by Gasteiger charge is -2.21. The molecule has 0 bridgehead atoms. The second kappa shape index (κ2) is 6.45. The van der Waals surface area contributed by atoms with Gasteiger partial charge in [0.05, 0.1) is 0 Å². The number of aromatic nitrogens is 1. The summed E-state index contributed by atoms with van der Waals surface area (Å²) in [5.41, 5.74) is 12.8. The third-order valence-corrected chi connectivity index (χ3v) is 2.92. The number of rotatable bonds is 6. The van der Waals surface area contributed by atoms with Crippen molar-refractivity contribution in [2.45, 2.75) is 26.3 Å². The van der Waals surface area contributed by atoms with Gasteiger partial charge < -0.3 is 16.4 Å². The van der Waals surface area contributed by atoms with E-state index in [9.17, 15) is 0 Å². The fourth-order valence-electron chi connectivity index (χ4n) is 1.76. The maximum Gasteiger partial charge on any atom is 0.128 e. The van der Waals surface area contributed by atoms with Crippen LogP contribution < -0.4 is 11.5 Å². The molecule has 1 atom stereocenters. The maximum atomic E-state index is 6.11. The van der Waals surface area contributed by atoms with Crippen molar-refractivity contribution >= 4 is 5.82 Å². The summed E-state index contributed by atoms with van der Waals surface area (Å²) in [5.74, 6) is 0.551. The molecule has 0 saturated carbocycles. The number of nitrogens with two attached hydrogens (primary N) is 2. The van der Waals surface area contributed by atoms with E-state index in [1.807, 2.05) is 12.1 Å². The number of nitrogen functional groups attached to an aromatic ring is 1. The molecule has 1 aromatic rings. The number of anilines is 1. The first-order valence-corrected chi connectivity index (χ1v) is 5.87. The Morgan fingerprint density at radius 1 is 1.38 bits per heavy atom. The van der Waals surface area contributed by atoms with Gasteiger partial charge >= 0.3 is 0 Å². The van der Waals surface area contributed by atoms with Crippen LogP contribution in [0.25, 0.3) is 0 Å². The molecule has 0 aromatic carbocycles. The Morgan fingerprint density at radius 3 is 2.62 bits per heavy atom. The van der Waals surface area contributed by atoms with Crippen LogP contribution >= 0.6 is 0 Å². The highest BCUT2D eigenvalue weighted by Crippen LogP contribution is 2.18. The van der Waals surface area contributed by atoms with Crippen LogP contribution in [0.5, 0.6) is 0 Å². The SMILES string of the molecule is CCN(CC)CCC(N)c1cccnc1N. The normalized spacial score (nSPS) is 13.0. The van der Waals surface area contributed by atoms with Gasteiger partial charge in [-0.05, 0) is 32.1 Å². The molecule has 4 heteroatoms. The fraction of sp³-hybridized carbons (Fsp3) is 0.583. The fourth-order valence-corrected chi connectivity index (χ4v) is 1.76. The molecule has 4 nitrogen and oxygen atoms in total. The number of pyridine rings is 1. The van der Waals surface area contributed by atoms with Gasteiger partial charge in [0.1, 0.15) is 5.82 Å². The molecule has 0 saturated heterocycles. The van der Waals surface area contributed by atoms with E-state index in [0.29, 0.717) is 5.82 Å². The summed E-state index contributed by atoms with van der Waals surface area (Å²) in [6.07, 6.45) is 2.60. The molecule has 16 heavy (non-hydrogen) atoms. The van der Waals surface area contributed by atoms with Crippen LogP contribution in [0, 0.1) is 0 Å². The smallest absolute Gasteiger partial charge is 0.128 e. The highest BCUT2D eigenvalue weighted by atomic mass is 15.1. The van der Waals surface area contributed by atoms with Gasteiger partial charge in [-0.3, -0.25) is 0 Å². The van der Waals surface area contributed by atoms with Crippen LogP contribution in [0.3, 0.4) is 0 Å². The summed E-state index contributed by atoms with van der Waals surface area (Å²) < 4.78 is 0. The van der Waals surface area contributed by atoms with Crippen LogP contribution in [0.15, 0.2) is 18.3 Å². The van der Waals surface area contributed by atoms with Crippen molar-refractivity contribution in [2.24, 2.45) is 5.73 Å². The lowest BCUT2D eigenvalue weighted by molar-refractivity contribution is 0.291. The van der Waals surface area contributed by atoms with E-state index in [2.05, 4.69) is 23.7 Å². The first-order chi connectivity index (χ1) is 7.69. The van der Waals surface area contributed by atoms with Crippen molar-refractivity contribution in [3.8, 4) is 0 Å². The number of hydrogen-bond acceptors (Lipinski definition) is 4. The van der Waals surface area contributed by atoms with Crippen LogP contribution in [0.1, 0.15) is 31.9 Å². The molecule has 0 radical (unpaired) electrons. The molecule has 90 valence electrons. The van der Waals surface area contributed by atoms with Crippen molar-refractivity contribution < 1.29 is 0 Å². The first-order valence-electron chi connectivity index (χ1n) is 5.87. The van der Waals surface area contributed by atoms with Gasteiger partial charge in [-0.25, -0.2) is 4.98 Å². The average molecular weight is 222 g/mol. The van der Waals surface area contributed by atoms with E-state index in [-0.39, 0.29) is 6.04 Å². The van der Waals surface area contributed by atoms with E-state index < -0.39 is 0 Å². The van der Waals surface area contributed by atoms with Gasteiger partial charge in [-0.1, -0.05) is 19.9 Å². The lowest BCUT2D eigenvalue weighted by atomic mass is 10.1. The molecule has 0 spiro atoms. The predicted octanol–water partition coefficient (Wildman–Crippen LogP) is 1.40. The Bertz CT molecular complexity index is 310. The second-order valence-electron chi connectivity index (χ2n) is 3.90. The van der Waals surface area contributed by atoms with Crippen molar-refractivity contribution in [1.82, 2.24) is 9.88 Å². The summed E-state index contributed by atoms with van der Waals surface area (Å²) in [7, 11) is 0. The van der Waals surface area contributed by atoms with Gasteiger partial charge in [0, 0.05) is 17.8 Å². The third kappa shape index (κ3) is 3.47. The highest BCUT2D eigenvalue weighted by Gasteiger charge is 2.11. The summed E-state index contributed by atoms with van der Waals surface area (Å²) in [4.78, 5) is 6.41. The second-order valence-corrected chi connectivity index (χ2v) is 3.90. The molecule has 0 fully saturated rings. The Morgan fingerprint density at radius 2 is 2.06 bits per heavy atom. The van der Waals surface area contributed by atoms with Crippen molar-refractivity contribution in [3.63, 3.8) is 0 Å². The third-order valence-electron chi connectivity index (χ3n) is 2.92. The summed E-state index contributed by atoms with van der Waals surface area (Å²) in [5, 5.41) is 0. The van der Waals surface area contributed by atoms with Crippen molar-refractivity contribution in [1.29, 1.82) is 0 Å². The molecule has 0 aliphatic carbocycles. The molecule has 0 amide bonds. The number of hydrogen-bond donors (Lipinski definition) is 2. The Kier molecular flexibility index (Phi) is 5.22. The summed E-state index contributed by atoms with van der Waals surface area (Å²) in [6.45, 7) is 7.45.